The molecule has 0 aliphatic rings. The normalized spacial score (nSPS) is 10.9. The molecule has 2 aromatic heterocycles. The summed E-state index contributed by atoms with van der Waals surface area (Å²) < 4.78 is 7.38. The second-order valence-electron chi connectivity index (χ2n) is 4.65. The van der Waals surface area contributed by atoms with E-state index in [9.17, 15) is 4.79 Å². The lowest BCUT2D eigenvalue weighted by Gasteiger charge is -2.05. The lowest BCUT2D eigenvalue weighted by molar-refractivity contribution is -0.120. The van der Waals surface area contributed by atoms with E-state index < -0.39 is 0 Å². The fourth-order valence-corrected chi connectivity index (χ4v) is 1.70. The molecule has 6 heteroatoms. The van der Waals surface area contributed by atoms with Gasteiger partial charge in [0.25, 0.3) is 0 Å². The molecule has 0 atom stereocenters. The Morgan fingerprint density at radius 1 is 1.45 bits per heavy atom. The van der Waals surface area contributed by atoms with Crippen LogP contribution < -0.4 is 10.3 Å². The molecule has 0 unspecified atom stereocenters. The van der Waals surface area contributed by atoms with E-state index in [0.29, 0.717) is 12.2 Å². The molecule has 2 rings (SSSR count). The molecule has 1 amide bonds. The average Bonchev–Trinajstić information content (AvgIpc) is 3.00. The monoisotopic (exact) mass is 274 g/mol. The number of aryl methyl sites for hydroxylation is 1. The lowest BCUT2D eigenvalue weighted by atomic mass is 10.3. The Morgan fingerprint density at radius 3 is 2.85 bits per heavy atom. The first-order valence-corrected chi connectivity index (χ1v) is 6.25. The van der Waals surface area contributed by atoms with Gasteiger partial charge in [-0.1, -0.05) is 0 Å². The topological polar surface area (TPSA) is 62.8 Å². The number of hydrogen-bond donors (Lipinski definition) is 1. The standard InChI is InChI=1S/C14H18N4O2/c1-17(2)14-7-6-12(20-14)10-15-16-13(19)9-11-5-4-8-18(11)3/h4-8,10H,9H2,1-3H3,(H,16,19). The maximum absolute atomic E-state index is 11.7. The van der Waals surface area contributed by atoms with E-state index in [1.165, 1.54) is 6.21 Å². The highest BCUT2D eigenvalue weighted by Gasteiger charge is 2.05. The zero-order chi connectivity index (χ0) is 14.5. The predicted octanol–water partition coefficient (Wildman–Crippen LogP) is 1.38. The number of hydrazone groups is 1. The maximum Gasteiger partial charge on any atom is 0.245 e. The number of amides is 1. The van der Waals surface area contributed by atoms with Crippen LogP contribution in [0.1, 0.15) is 11.5 Å². The van der Waals surface area contributed by atoms with Crippen molar-refractivity contribution in [3.8, 4) is 0 Å². The van der Waals surface area contributed by atoms with Gasteiger partial charge in [0, 0.05) is 39.1 Å². The molecule has 20 heavy (non-hydrogen) atoms. The first-order chi connectivity index (χ1) is 9.56. The number of carbonyl (C=O) groups is 1. The summed E-state index contributed by atoms with van der Waals surface area (Å²) in [6.07, 6.45) is 3.68. The van der Waals surface area contributed by atoms with Crippen LogP contribution in [0.5, 0.6) is 0 Å². The highest BCUT2D eigenvalue weighted by Crippen LogP contribution is 2.13. The summed E-state index contributed by atoms with van der Waals surface area (Å²) in [6, 6.07) is 7.44. The second kappa shape index (κ2) is 6.10. The number of aromatic nitrogens is 1. The Kier molecular flexibility index (Phi) is 4.24. The van der Waals surface area contributed by atoms with Crippen molar-refractivity contribution in [1.29, 1.82) is 0 Å². The summed E-state index contributed by atoms with van der Waals surface area (Å²) in [5.74, 6) is 1.16. The minimum Gasteiger partial charge on any atom is -0.440 e. The molecule has 0 aromatic carbocycles. The molecule has 1 N–H and O–H groups in total. The van der Waals surface area contributed by atoms with Gasteiger partial charge in [0.05, 0.1) is 12.6 Å². The van der Waals surface area contributed by atoms with Crippen molar-refractivity contribution in [3.05, 3.63) is 41.9 Å². The number of nitrogens with zero attached hydrogens (tertiary/aromatic N) is 3. The van der Waals surface area contributed by atoms with Gasteiger partial charge in [-0.25, -0.2) is 5.43 Å². The first kappa shape index (κ1) is 13.9. The van der Waals surface area contributed by atoms with Crippen molar-refractivity contribution < 1.29 is 9.21 Å². The van der Waals surface area contributed by atoms with Crippen LogP contribution in [0.25, 0.3) is 0 Å². The molecule has 0 spiro atoms. The summed E-state index contributed by atoms with van der Waals surface area (Å²) >= 11 is 0. The van der Waals surface area contributed by atoms with Gasteiger partial charge in [0.1, 0.15) is 5.76 Å². The molecule has 0 saturated heterocycles. The number of carbonyl (C=O) groups excluding carboxylic acids is 1. The van der Waals surface area contributed by atoms with Crippen molar-refractivity contribution in [2.45, 2.75) is 6.42 Å². The molecule has 0 aliphatic carbocycles. The van der Waals surface area contributed by atoms with Gasteiger partial charge in [0.15, 0.2) is 5.88 Å². The fourth-order valence-electron chi connectivity index (χ4n) is 1.70. The lowest BCUT2D eigenvalue weighted by Crippen LogP contribution is -2.20. The molecular weight excluding hydrogens is 256 g/mol. The zero-order valence-electron chi connectivity index (χ0n) is 11.8. The van der Waals surface area contributed by atoms with E-state index >= 15 is 0 Å². The number of furan rings is 1. The van der Waals surface area contributed by atoms with Crippen molar-refractivity contribution in [2.24, 2.45) is 12.1 Å². The highest BCUT2D eigenvalue weighted by atomic mass is 16.4. The minimum absolute atomic E-state index is 0.164. The summed E-state index contributed by atoms with van der Waals surface area (Å²) in [5, 5.41) is 3.88. The Labute approximate surface area is 117 Å². The van der Waals surface area contributed by atoms with Crippen LogP contribution in [0.2, 0.25) is 0 Å². The number of anilines is 1. The summed E-state index contributed by atoms with van der Waals surface area (Å²) in [4.78, 5) is 13.5. The van der Waals surface area contributed by atoms with Crippen LogP contribution in [0.15, 0.2) is 40.0 Å². The Balaban J connectivity index is 1.86. The molecule has 2 aromatic rings. The molecule has 0 fully saturated rings. The van der Waals surface area contributed by atoms with E-state index in [1.807, 2.05) is 55.0 Å². The van der Waals surface area contributed by atoms with E-state index in [2.05, 4.69) is 10.5 Å². The van der Waals surface area contributed by atoms with Crippen LogP contribution >= 0.6 is 0 Å². The smallest absolute Gasteiger partial charge is 0.245 e. The van der Waals surface area contributed by atoms with Crippen LogP contribution in [0.3, 0.4) is 0 Å². The molecule has 0 bridgehead atoms. The van der Waals surface area contributed by atoms with Crippen molar-refractivity contribution in [3.63, 3.8) is 0 Å². The SMILES string of the molecule is CN(C)c1ccc(C=NNC(=O)Cc2cccn2C)o1. The van der Waals surface area contributed by atoms with Gasteiger partial charge in [-0.3, -0.25) is 4.79 Å². The van der Waals surface area contributed by atoms with Crippen molar-refractivity contribution in [1.82, 2.24) is 9.99 Å². The number of hydrogen-bond acceptors (Lipinski definition) is 4. The average molecular weight is 274 g/mol. The number of rotatable bonds is 5. The zero-order valence-corrected chi connectivity index (χ0v) is 11.8. The summed E-state index contributed by atoms with van der Waals surface area (Å²) in [6.45, 7) is 0. The van der Waals surface area contributed by atoms with Gasteiger partial charge in [-0.15, -0.1) is 0 Å². The quantitative estimate of drug-likeness (QED) is 0.662. The summed E-state index contributed by atoms with van der Waals surface area (Å²) in [7, 11) is 5.68. The Hall–Kier alpha value is -2.50. The molecule has 0 aliphatic heterocycles. The van der Waals surface area contributed by atoms with Gasteiger partial charge >= 0.3 is 0 Å². The molecule has 106 valence electrons. The summed E-state index contributed by atoms with van der Waals surface area (Å²) in [5.41, 5.74) is 3.41. The second-order valence-corrected chi connectivity index (χ2v) is 4.65. The highest BCUT2D eigenvalue weighted by molar-refractivity contribution is 5.81. The van der Waals surface area contributed by atoms with Crippen LogP contribution in [-0.2, 0) is 18.3 Å². The molecule has 0 radical (unpaired) electrons. The van der Waals surface area contributed by atoms with Crippen LogP contribution in [0.4, 0.5) is 5.88 Å². The molecule has 6 nitrogen and oxygen atoms in total. The van der Waals surface area contributed by atoms with Gasteiger partial charge < -0.3 is 13.9 Å². The predicted molar refractivity (Wildman–Crippen MR) is 77.9 cm³/mol. The fraction of sp³-hybridized carbons (Fsp3) is 0.286. The Bertz CT molecular complexity index is 610. The van der Waals surface area contributed by atoms with Crippen molar-refractivity contribution >= 4 is 18.0 Å². The van der Waals surface area contributed by atoms with Gasteiger partial charge in [-0.05, 0) is 18.2 Å². The van der Waals surface area contributed by atoms with E-state index in [1.54, 1.807) is 6.07 Å². The van der Waals surface area contributed by atoms with E-state index in [4.69, 9.17) is 4.42 Å². The molecular formula is C14H18N4O2. The van der Waals surface area contributed by atoms with Crippen LogP contribution in [0, 0.1) is 0 Å². The molecule has 2 heterocycles. The van der Waals surface area contributed by atoms with E-state index in [-0.39, 0.29) is 5.91 Å². The minimum atomic E-state index is -0.164. The first-order valence-electron chi connectivity index (χ1n) is 6.25. The van der Waals surface area contributed by atoms with Gasteiger partial charge in [-0.2, -0.15) is 5.10 Å². The third-order valence-electron chi connectivity index (χ3n) is 2.83. The Morgan fingerprint density at radius 2 is 2.25 bits per heavy atom. The maximum atomic E-state index is 11.7. The third kappa shape index (κ3) is 3.50. The van der Waals surface area contributed by atoms with Crippen molar-refractivity contribution in [2.75, 3.05) is 19.0 Å². The van der Waals surface area contributed by atoms with E-state index in [0.717, 1.165) is 11.6 Å². The van der Waals surface area contributed by atoms with Crippen LogP contribution in [-0.4, -0.2) is 30.8 Å². The molecule has 0 saturated carbocycles. The van der Waals surface area contributed by atoms with Gasteiger partial charge in [0.2, 0.25) is 5.91 Å². The third-order valence-corrected chi connectivity index (χ3v) is 2.83. The number of nitrogens with one attached hydrogen (secondary N) is 1. The largest absolute Gasteiger partial charge is 0.440 e.